The first kappa shape index (κ1) is 7.14. The summed E-state index contributed by atoms with van der Waals surface area (Å²) in [6.45, 7) is 1.51. The fourth-order valence-corrected chi connectivity index (χ4v) is 2.57. The second kappa shape index (κ2) is 2.50. The predicted octanol–water partition coefficient (Wildman–Crippen LogP) is 1.74. The molecule has 2 nitrogen and oxygen atoms in total. The Morgan fingerprint density at radius 2 is 1.64 bits per heavy atom. The van der Waals surface area contributed by atoms with Gasteiger partial charge in [0.1, 0.15) is 6.10 Å². The summed E-state index contributed by atoms with van der Waals surface area (Å²) >= 11 is 0. The molecule has 0 N–H and O–H groups in total. The monoisotopic (exact) mass is 154 g/mol. The molecule has 0 heterocycles. The minimum Gasteiger partial charge on any atom is -0.462 e. The van der Waals surface area contributed by atoms with Crippen molar-refractivity contribution in [2.24, 2.45) is 11.8 Å². The normalized spacial score (nSPS) is 41.0. The van der Waals surface area contributed by atoms with E-state index in [2.05, 4.69) is 0 Å². The van der Waals surface area contributed by atoms with Gasteiger partial charge < -0.3 is 4.74 Å². The largest absolute Gasteiger partial charge is 0.462 e. The van der Waals surface area contributed by atoms with Crippen LogP contribution in [-0.4, -0.2) is 12.1 Å². The molecule has 11 heavy (non-hydrogen) atoms. The van der Waals surface area contributed by atoms with Crippen LogP contribution in [-0.2, 0) is 9.53 Å². The van der Waals surface area contributed by atoms with Gasteiger partial charge in [-0.05, 0) is 37.5 Å². The Balaban J connectivity index is 1.99. The first-order chi connectivity index (χ1) is 5.27. The van der Waals surface area contributed by atoms with Crippen molar-refractivity contribution >= 4 is 5.97 Å². The van der Waals surface area contributed by atoms with Crippen LogP contribution in [0.4, 0.5) is 0 Å². The molecule has 2 aliphatic carbocycles. The molecule has 0 aromatic rings. The first-order valence-corrected chi connectivity index (χ1v) is 4.44. The Hall–Kier alpha value is -0.530. The average Bonchev–Trinajstić information content (AvgIpc) is 2.48. The summed E-state index contributed by atoms with van der Waals surface area (Å²) in [5, 5.41) is 0. The molecular formula is C9H14O2. The smallest absolute Gasteiger partial charge is 0.302 e. The SMILES string of the molecule is CC(=O)OC1C2CCC1CC2. The van der Waals surface area contributed by atoms with Crippen LogP contribution in [0.3, 0.4) is 0 Å². The van der Waals surface area contributed by atoms with Crippen LogP contribution >= 0.6 is 0 Å². The molecule has 2 aliphatic rings. The highest BCUT2D eigenvalue weighted by molar-refractivity contribution is 5.66. The summed E-state index contributed by atoms with van der Waals surface area (Å²) < 4.78 is 5.26. The zero-order valence-corrected chi connectivity index (χ0v) is 6.88. The molecule has 0 atom stereocenters. The molecule has 0 aliphatic heterocycles. The van der Waals surface area contributed by atoms with Crippen LogP contribution in [0.15, 0.2) is 0 Å². The summed E-state index contributed by atoms with van der Waals surface area (Å²) in [6, 6.07) is 0. The van der Waals surface area contributed by atoms with Crippen molar-refractivity contribution in [3.05, 3.63) is 0 Å². The van der Waals surface area contributed by atoms with Gasteiger partial charge in [-0.3, -0.25) is 4.79 Å². The lowest BCUT2D eigenvalue weighted by molar-refractivity contribution is -0.148. The van der Waals surface area contributed by atoms with Crippen molar-refractivity contribution in [2.75, 3.05) is 0 Å². The Bertz CT molecular complexity index is 156. The minimum absolute atomic E-state index is 0.103. The summed E-state index contributed by atoms with van der Waals surface area (Å²) in [4.78, 5) is 10.7. The van der Waals surface area contributed by atoms with Gasteiger partial charge >= 0.3 is 5.97 Å². The van der Waals surface area contributed by atoms with Crippen LogP contribution in [0, 0.1) is 11.8 Å². The Labute approximate surface area is 66.9 Å². The lowest BCUT2D eigenvalue weighted by Crippen LogP contribution is -2.20. The molecule has 2 bridgehead atoms. The van der Waals surface area contributed by atoms with Gasteiger partial charge in [0.15, 0.2) is 0 Å². The number of hydrogen-bond acceptors (Lipinski definition) is 2. The Kier molecular flexibility index (Phi) is 1.63. The average molecular weight is 154 g/mol. The lowest BCUT2D eigenvalue weighted by Gasteiger charge is -2.14. The van der Waals surface area contributed by atoms with E-state index < -0.39 is 0 Å². The van der Waals surface area contributed by atoms with Crippen LogP contribution in [0.25, 0.3) is 0 Å². The van der Waals surface area contributed by atoms with Crippen molar-refractivity contribution < 1.29 is 9.53 Å². The molecule has 0 aromatic carbocycles. The second-order valence-corrected chi connectivity index (χ2v) is 3.75. The number of rotatable bonds is 1. The second-order valence-electron chi connectivity index (χ2n) is 3.75. The molecule has 0 spiro atoms. The minimum atomic E-state index is -0.103. The van der Waals surface area contributed by atoms with Gasteiger partial charge in [-0.15, -0.1) is 0 Å². The molecule has 2 heteroatoms. The van der Waals surface area contributed by atoms with Gasteiger partial charge in [0.05, 0.1) is 0 Å². The number of fused-ring (bicyclic) bond motifs is 2. The fraction of sp³-hybridized carbons (Fsp3) is 0.889. The molecular weight excluding hydrogens is 140 g/mol. The highest BCUT2D eigenvalue weighted by Crippen LogP contribution is 2.46. The van der Waals surface area contributed by atoms with Gasteiger partial charge in [-0.2, -0.15) is 0 Å². The van der Waals surface area contributed by atoms with Crippen LogP contribution in [0.1, 0.15) is 32.6 Å². The molecule has 2 saturated carbocycles. The van der Waals surface area contributed by atoms with Crippen LogP contribution < -0.4 is 0 Å². The van der Waals surface area contributed by atoms with Crippen LogP contribution in [0.2, 0.25) is 0 Å². The molecule has 2 rings (SSSR count). The maximum Gasteiger partial charge on any atom is 0.302 e. The van der Waals surface area contributed by atoms with E-state index in [0.717, 1.165) is 0 Å². The quantitative estimate of drug-likeness (QED) is 0.538. The van der Waals surface area contributed by atoms with Crippen molar-refractivity contribution in [3.63, 3.8) is 0 Å². The van der Waals surface area contributed by atoms with E-state index in [4.69, 9.17) is 4.74 Å². The summed E-state index contributed by atoms with van der Waals surface area (Å²) in [5.41, 5.74) is 0. The van der Waals surface area contributed by atoms with Gasteiger partial charge in [-0.25, -0.2) is 0 Å². The summed E-state index contributed by atoms with van der Waals surface area (Å²) in [7, 11) is 0. The molecule has 0 amide bonds. The lowest BCUT2D eigenvalue weighted by atomic mass is 10.0. The van der Waals surface area contributed by atoms with E-state index in [1.54, 1.807) is 0 Å². The fourth-order valence-electron chi connectivity index (χ4n) is 2.57. The van der Waals surface area contributed by atoms with Crippen molar-refractivity contribution in [1.29, 1.82) is 0 Å². The van der Waals surface area contributed by atoms with E-state index in [1.807, 2.05) is 0 Å². The molecule has 0 saturated heterocycles. The highest BCUT2D eigenvalue weighted by Gasteiger charge is 2.43. The first-order valence-electron chi connectivity index (χ1n) is 4.44. The zero-order chi connectivity index (χ0) is 7.84. The van der Waals surface area contributed by atoms with Crippen LogP contribution in [0.5, 0.6) is 0 Å². The predicted molar refractivity (Wildman–Crippen MR) is 41.0 cm³/mol. The summed E-state index contributed by atoms with van der Waals surface area (Å²) in [5.74, 6) is 1.29. The van der Waals surface area contributed by atoms with E-state index in [-0.39, 0.29) is 12.1 Å². The van der Waals surface area contributed by atoms with Gasteiger partial charge in [0.25, 0.3) is 0 Å². The number of ether oxygens (including phenoxy) is 1. The van der Waals surface area contributed by atoms with Gasteiger partial charge in [0.2, 0.25) is 0 Å². The van der Waals surface area contributed by atoms with E-state index in [1.165, 1.54) is 32.6 Å². The Morgan fingerprint density at radius 1 is 1.18 bits per heavy atom. The van der Waals surface area contributed by atoms with E-state index in [0.29, 0.717) is 11.8 Å². The summed E-state index contributed by atoms with van der Waals surface area (Å²) in [6.07, 6.45) is 5.41. The molecule has 0 aromatic heterocycles. The third kappa shape index (κ3) is 1.15. The Morgan fingerprint density at radius 3 is 2.00 bits per heavy atom. The third-order valence-electron chi connectivity index (χ3n) is 3.05. The zero-order valence-electron chi connectivity index (χ0n) is 6.88. The molecule has 2 fully saturated rings. The van der Waals surface area contributed by atoms with Crippen molar-refractivity contribution in [3.8, 4) is 0 Å². The topological polar surface area (TPSA) is 26.3 Å². The van der Waals surface area contributed by atoms with Crippen molar-refractivity contribution in [2.45, 2.75) is 38.7 Å². The van der Waals surface area contributed by atoms with E-state index in [9.17, 15) is 4.79 Å². The molecule has 0 radical (unpaired) electrons. The van der Waals surface area contributed by atoms with Gasteiger partial charge in [-0.1, -0.05) is 0 Å². The van der Waals surface area contributed by atoms with Gasteiger partial charge in [0, 0.05) is 6.92 Å². The number of carbonyl (C=O) groups is 1. The standard InChI is InChI=1S/C9H14O2/c1-6(10)11-9-7-2-3-8(9)5-4-7/h7-9H,2-5H2,1H3. The maximum absolute atomic E-state index is 10.7. The van der Waals surface area contributed by atoms with E-state index >= 15 is 0 Å². The number of carbonyl (C=O) groups excluding carboxylic acids is 1. The highest BCUT2D eigenvalue weighted by atomic mass is 16.5. The molecule has 62 valence electrons. The van der Waals surface area contributed by atoms with Crippen molar-refractivity contribution in [1.82, 2.24) is 0 Å². The maximum atomic E-state index is 10.7. The molecule has 0 unspecified atom stereocenters. The third-order valence-corrected chi connectivity index (χ3v) is 3.05. The number of hydrogen-bond donors (Lipinski definition) is 0. The number of esters is 1.